The molecule has 4 rings (SSSR count). The minimum absolute atomic E-state index is 0.0719. The Labute approximate surface area is 139 Å². The number of para-hydroxylation sites is 1. The Hall–Kier alpha value is -2.95. The highest BCUT2D eigenvalue weighted by Gasteiger charge is 2.16. The fourth-order valence-electron chi connectivity index (χ4n) is 3.07. The van der Waals surface area contributed by atoms with E-state index in [-0.39, 0.29) is 5.56 Å². The predicted octanol–water partition coefficient (Wildman–Crippen LogP) is 3.29. The summed E-state index contributed by atoms with van der Waals surface area (Å²) in [5.74, 6) is 1.44. The molecule has 2 heterocycles. The topological polar surface area (TPSA) is 52.2 Å². The maximum absolute atomic E-state index is 13.1. The standard InChI is InChI=1S/C19H18N4O/c1-3-6-17-20-21-19-22(14-11-9-13(2)10-12-14)18(24)15-7-4-5-8-16(15)23(17)19/h4-5,7-12H,3,6H2,1-2H3. The second-order valence-electron chi connectivity index (χ2n) is 5.99. The van der Waals surface area contributed by atoms with Crippen molar-refractivity contribution in [2.45, 2.75) is 26.7 Å². The molecule has 0 amide bonds. The molecular formula is C19H18N4O. The zero-order chi connectivity index (χ0) is 16.7. The molecule has 0 aliphatic heterocycles. The van der Waals surface area contributed by atoms with Gasteiger partial charge in [-0.2, -0.15) is 0 Å². The molecule has 0 N–H and O–H groups in total. The van der Waals surface area contributed by atoms with Crippen molar-refractivity contribution >= 4 is 16.7 Å². The van der Waals surface area contributed by atoms with E-state index < -0.39 is 0 Å². The normalized spacial score (nSPS) is 11.4. The van der Waals surface area contributed by atoms with E-state index in [9.17, 15) is 4.79 Å². The fraction of sp³-hybridized carbons (Fsp3) is 0.211. The number of rotatable bonds is 3. The third-order valence-corrected chi connectivity index (χ3v) is 4.26. The van der Waals surface area contributed by atoms with Crippen LogP contribution >= 0.6 is 0 Å². The molecule has 2 aromatic heterocycles. The van der Waals surface area contributed by atoms with Crippen molar-refractivity contribution in [1.29, 1.82) is 0 Å². The van der Waals surface area contributed by atoms with Crippen LogP contribution in [0, 0.1) is 6.92 Å². The van der Waals surface area contributed by atoms with E-state index in [0.29, 0.717) is 11.2 Å². The minimum atomic E-state index is -0.0719. The highest BCUT2D eigenvalue weighted by Crippen LogP contribution is 2.18. The lowest BCUT2D eigenvalue weighted by atomic mass is 10.2. The quantitative estimate of drug-likeness (QED) is 0.582. The SMILES string of the molecule is CCCc1nnc2n(-c3ccc(C)cc3)c(=O)c3ccccc3n12. The summed E-state index contributed by atoms with van der Waals surface area (Å²) >= 11 is 0. The third kappa shape index (κ3) is 2.12. The van der Waals surface area contributed by atoms with Gasteiger partial charge in [-0.15, -0.1) is 10.2 Å². The second kappa shape index (κ2) is 5.60. The lowest BCUT2D eigenvalue weighted by molar-refractivity contribution is 0.823. The molecule has 0 saturated carbocycles. The first kappa shape index (κ1) is 14.6. The third-order valence-electron chi connectivity index (χ3n) is 4.26. The van der Waals surface area contributed by atoms with Gasteiger partial charge >= 0.3 is 0 Å². The van der Waals surface area contributed by atoms with Gasteiger partial charge < -0.3 is 0 Å². The summed E-state index contributed by atoms with van der Waals surface area (Å²) in [5, 5.41) is 9.33. The molecule has 4 aromatic rings. The Balaban J connectivity index is 2.17. The van der Waals surface area contributed by atoms with Gasteiger partial charge in [-0.05, 0) is 37.6 Å². The Morgan fingerprint density at radius 2 is 1.75 bits per heavy atom. The summed E-state index contributed by atoms with van der Waals surface area (Å²) in [7, 11) is 0. The van der Waals surface area contributed by atoms with E-state index in [4.69, 9.17) is 0 Å². The molecule has 0 bridgehead atoms. The average Bonchev–Trinajstić information content (AvgIpc) is 3.01. The Morgan fingerprint density at radius 3 is 2.50 bits per heavy atom. The molecule has 0 saturated heterocycles. The van der Waals surface area contributed by atoms with Crippen LogP contribution in [0.25, 0.3) is 22.4 Å². The van der Waals surface area contributed by atoms with Crippen molar-refractivity contribution in [3.8, 4) is 5.69 Å². The van der Waals surface area contributed by atoms with Crippen molar-refractivity contribution < 1.29 is 0 Å². The predicted molar refractivity (Wildman–Crippen MR) is 94.8 cm³/mol. The minimum Gasteiger partial charge on any atom is -0.268 e. The molecule has 5 nitrogen and oxygen atoms in total. The van der Waals surface area contributed by atoms with Crippen LogP contribution in [0.2, 0.25) is 0 Å². The molecule has 0 atom stereocenters. The van der Waals surface area contributed by atoms with Crippen molar-refractivity contribution in [3.05, 3.63) is 70.3 Å². The Morgan fingerprint density at radius 1 is 1.00 bits per heavy atom. The summed E-state index contributed by atoms with van der Waals surface area (Å²) in [5.41, 5.74) is 2.74. The van der Waals surface area contributed by atoms with Gasteiger partial charge in [0.15, 0.2) is 0 Å². The number of aromatic nitrogens is 4. The van der Waals surface area contributed by atoms with Crippen LogP contribution in [0.15, 0.2) is 53.3 Å². The summed E-state index contributed by atoms with van der Waals surface area (Å²) in [6.45, 7) is 4.14. The van der Waals surface area contributed by atoms with Gasteiger partial charge in [0.05, 0.1) is 16.6 Å². The number of hydrogen-bond acceptors (Lipinski definition) is 3. The number of hydrogen-bond donors (Lipinski definition) is 0. The smallest absolute Gasteiger partial charge is 0.267 e. The van der Waals surface area contributed by atoms with Crippen LogP contribution in [0.5, 0.6) is 0 Å². The number of fused-ring (bicyclic) bond motifs is 3. The molecule has 0 aliphatic carbocycles. The fourth-order valence-corrected chi connectivity index (χ4v) is 3.07. The first-order valence-electron chi connectivity index (χ1n) is 8.15. The second-order valence-corrected chi connectivity index (χ2v) is 5.99. The van der Waals surface area contributed by atoms with E-state index in [1.54, 1.807) is 4.57 Å². The van der Waals surface area contributed by atoms with Crippen LogP contribution in [-0.4, -0.2) is 19.2 Å². The van der Waals surface area contributed by atoms with E-state index >= 15 is 0 Å². The maximum atomic E-state index is 13.1. The molecule has 2 aromatic carbocycles. The molecule has 120 valence electrons. The Kier molecular flexibility index (Phi) is 3.41. The summed E-state index contributed by atoms with van der Waals surface area (Å²) in [4.78, 5) is 13.1. The van der Waals surface area contributed by atoms with Crippen LogP contribution in [-0.2, 0) is 6.42 Å². The van der Waals surface area contributed by atoms with Gasteiger partial charge in [0.2, 0.25) is 5.78 Å². The first-order valence-corrected chi connectivity index (χ1v) is 8.15. The van der Waals surface area contributed by atoms with Crippen molar-refractivity contribution in [2.24, 2.45) is 0 Å². The molecular weight excluding hydrogens is 300 g/mol. The molecule has 0 aliphatic rings. The van der Waals surface area contributed by atoms with Gasteiger partial charge in [-0.1, -0.05) is 36.8 Å². The average molecular weight is 318 g/mol. The summed E-state index contributed by atoms with van der Waals surface area (Å²) < 4.78 is 3.65. The monoisotopic (exact) mass is 318 g/mol. The number of aryl methyl sites for hydroxylation is 2. The van der Waals surface area contributed by atoms with Crippen molar-refractivity contribution in [3.63, 3.8) is 0 Å². The summed E-state index contributed by atoms with van der Waals surface area (Å²) in [6.07, 6.45) is 1.79. The lowest BCUT2D eigenvalue weighted by Crippen LogP contribution is -2.22. The largest absolute Gasteiger partial charge is 0.268 e. The van der Waals surface area contributed by atoms with E-state index in [0.717, 1.165) is 35.4 Å². The first-order chi connectivity index (χ1) is 11.7. The van der Waals surface area contributed by atoms with E-state index in [2.05, 4.69) is 17.1 Å². The zero-order valence-corrected chi connectivity index (χ0v) is 13.7. The van der Waals surface area contributed by atoms with E-state index in [1.807, 2.05) is 59.9 Å². The lowest BCUT2D eigenvalue weighted by Gasteiger charge is -2.11. The molecule has 24 heavy (non-hydrogen) atoms. The molecule has 5 heteroatoms. The van der Waals surface area contributed by atoms with Gasteiger partial charge in [0.1, 0.15) is 5.82 Å². The van der Waals surface area contributed by atoms with E-state index in [1.165, 1.54) is 0 Å². The Bertz CT molecular complexity index is 1090. The van der Waals surface area contributed by atoms with Crippen LogP contribution in [0.4, 0.5) is 0 Å². The number of benzene rings is 2. The van der Waals surface area contributed by atoms with Crippen molar-refractivity contribution in [2.75, 3.05) is 0 Å². The molecule has 0 fully saturated rings. The highest BCUT2D eigenvalue weighted by molar-refractivity contribution is 5.81. The molecule has 0 spiro atoms. The van der Waals surface area contributed by atoms with Gasteiger partial charge in [-0.3, -0.25) is 9.20 Å². The zero-order valence-electron chi connectivity index (χ0n) is 13.7. The van der Waals surface area contributed by atoms with Gasteiger partial charge in [0.25, 0.3) is 5.56 Å². The van der Waals surface area contributed by atoms with Gasteiger partial charge in [-0.25, -0.2) is 4.57 Å². The van der Waals surface area contributed by atoms with Crippen molar-refractivity contribution in [1.82, 2.24) is 19.2 Å². The molecule has 0 radical (unpaired) electrons. The number of nitrogens with zero attached hydrogens (tertiary/aromatic N) is 4. The van der Waals surface area contributed by atoms with Crippen LogP contribution in [0.3, 0.4) is 0 Å². The van der Waals surface area contributed by atoms with Crippen LogP contribution in [0.1, 0.15) is 24.7 Å². The summed E-state index contributed by atoms with van der Waals surface area (Å²) in [6, 6.07) is 15.5. The molecule has 0 unspecified atom stereocenters. The highest BCUT2D eigenvalue weighted by atomic mass is 16.1. The van der Waals surface area contributed by atoms with Gasteiger partial charge in [0, 0.05) is 6.42 Å². The maximum Gasteiger partial charge on any atom is 0.267 e. The van der Waals surface area contributed by atoms with Crippen LogP contribution < -0.4 is 5.56 Å².